The van der Waals surface area contributed by atoms with Crippen LogP contribution in [0.15, 0.2) is 30.6 Å². The largest absolute Gasteiger partial charge is 0.493 e. The maximum absolute atomic E-state index is 8.82. The highest BCUT2D eigenvalue weighted by Gasteiger charge is 2.08. The van der Waals surface area contributed by atoms with Crippen molar-refractivity contribution in [2.24, 2.45) is 0 Å². The smallest absolute Gasteiger partial charge is 0.322 e. The van der Waals surface area contributed by atoms with E-state index >= 15 is 0 Å². The summed E-state index contributed by atoms with van der Waals surface area (Å²) < 4.78 is 10.7. The number of nitriles is 1. The van der Waals surface area contributed by atoms with E-state index in [1.807, 2.05) is 6.07 Å². The van der Waals surface area contributed by atoms with Crippen LogP contribution in [0, 0.1) is 11.3 Å². The van der Waals surface area contributed by atoms with Crippen LogP contribution in [0.3, 0.4) is 0 Å². The van der Waals surface area contributed by atoms with Gasteiger partial charge < -0.3 is 9.47 Å². The lowest BCUT2D eigenvalue weighted by Gasteiger charge is -2.08. The number of hydrogen-bond acceptors (Lipinski definition) is 5. The lowest BCUT2D eigenvalue weighted by atomic mass is 10.2. The molecule has 0 amide bonds. The molecule has 6 heteroatoms. The van der Waals surface area contributed by atoms with E-state index in [-0.39, 0.29) is 6.01 Å². The van der Waals surface area contributed by atoms with Crippen LogP contribution in [-0.4, -0.2) is 17.1 Å². The normalized spacial score (nSPS) is 9.74. The molecule has 0 spiro atoms. The molecule has 2 aromatic rings. The van der Waals surface area contributed by atoms with Crippen molar-refractivity contribution in [2.75, 3.05) is 7.11 Å². The molecule has 0 saturated carbocycles. The molecule has 0 bridgehead atoms. The number of halogens is 1. The second-order valence-corrected chi connectivity index (χ2v) is 4.15. The van der Waals surface area contributed by atoms with Gasteiger partial charge in [0.05, 0.1) is 18.7 Å². The highest BCUT2D eigenvalue weighted by atomic mass is 79.9. The Balaban J connectivity index is 2.24. The summed E-state index contributed by atoms with van der Waals surface area (Å²) in [4.78, 5) is 8.16. The Kier molecular flexibility index (Phi) is 4.31. The van der Waals surface area contributed by atoms with E-state index in [1.54, 1.807) is 30.6 Å². The van der Waals surface area contributed by atoms with Gasteiger partial charge in [-0.1, -0.05) is 15.9 Å². The number of nitrogens with zero attached hydrogens (tertiary/aromatic N) is 3. The minimum absolute atomic E-state index is 0.229. The number of rotatable bonds is 4. The third kappa shape index (κ3) is 3.20. The van der Waals surface area contributed by atoms with E-state index in [2.05, 4.69) is 25.9 Å². The van der Waals surface area contributed by atoms with Crippen molar-refractivity contribution in [3.8, 4) is 23.6 Å². The molecule has 1 aromatic heterocycles. The SMILES string of the molecule is COc1cc(C#N)ccc1Oc1ncc(CBr)cn1. The molecule has 0 N–H and O–H groups in total. The summed E-state index contributed by atoms with van der Waals surface area (Å²) in [6.45, 7) is 0. The van der Waals surface area contributed by atoms with Gasteiger partial charge in [0.15, 0.2) is 11.5 Å². The molecule has 96 valence electrons. The number of benzene rings is 1. The van der Waals surface area contributed by atoms with Gasteiger partial charge in [0.1, 0.15) is 0 Å². The summed E-state index contributed by atoms with van der Waals surface area (Å²) in [7, 11) is 1.51. The molecule has 1 heterocycles. The Labute approximate surface area is 119 Å². The summed E-state index contributed by atoms with van der Waals surface area (Å²) in [5, 5.41) is 9.51. The molecule has 5 nitrogen and oxygen atoms in total. The van der Waals surface area contributed by atoms with E-state index in [0.717, 1.165) is 5.56 Å². The monoisotopic (exact) mass is 319 g/mol. The van der Waals surface area contributed by atoms with Crippen LogP contribution in [-0.2, 0) is 5.33 Å². The van der Waals surface area contributed by atoms with Gasteiger partial charge in [0, 0.05) is 23.8 Å². The first-order chi connectivity index (χ1) is 9.26. The first-order valence-corrected chi connectivity index (χ1v) is 6.52. The van der Waals surface area contributed by atoms with Gasteiger partial charge in [-0.3, -0.25) is 0 Å². The molecule has 0 aliphatic rings. The number of methoxy groups -OCH3 is 1. The van der Waals surface area contributed by atoms with E-state index in [9.17, 15) is 0 Å². The number of hydrogen-bond donors (Lipinski definition) is 0. The maximum Gasteiger partial charge on any atom is 0.322 e. The van der Waals surface area contributed by atoms with Gasteiger partial charge in [0.2, 0.25) is 0 Å². The van der Waals surface area contributed by atoms with Crippen molar-refractivity contribution >= 4 is 15.9 Å². The molecule has 0 fully saturated rings. The predicted molar refractivity (Wildman–Crippen MR) is 72.4 cm³/mol. The van der Waals surface area contributed by atoms with E-state index in [4.69, 9.17) is 14.7 Å². The van der Waals surface area contributed by atoms with E-state index in [1.165, 1.54) is 7.11 Å². The molecule has 0 aliphatic heterocycles. The zero-order valence-corrected chi connectivity index (χ0v) is 11.7. The Morgan fingerprint density at radius 1 is 1.26 bits per heavy atom. The summed E-state index contributed by atoms with van der Waals surface area (Å²) in [5.74, 6) is 0.931. The highest BCUT2D eigenvalue weighted by molar-refractivity contribution is 9.08. The summed E-state index contributed by atoms with van der Waals surface area (Å²) in [5.41, 5.74) is 1.46. The number of ether oxygens (including phenoxy) is 2. The zero-order valence-electron chi connectivity index (χ0n) is 10.1. The minimum atomic E-state index is 0.229. The summed E-state index contributed by atoms with van der Waals surface area (Å²) >= 11 is 3.32. The molecular formula is C13H10BrN3O2. The topological polar surface area (TPSA) is 68.0 Å². The fraction of sp³-hybridized carbons (Fsp3) is 0.154. The standard InChI is InChI=1S/C13H10BrN3O2/c1-18-12-4-9(6-15)2-3-11(12)19-13-16-7-10(5-14)8-17-13/h2-4,7-8H,5H2,1H3. The lowest BCUT2D eigenvalue weighted by molar-refractivity contribution is 0.367. The second kappa shape index (κ2) is 6.16. The van der Waals surface area contributed by atoms with Crippen molar-refractivity contribution in [1.82, 2.24) is 9.97 Å². The average molecular weight is 320 g/mol. The molecule has 0 aliphatic carbocycles. The fourth-order valence-electron chi connectivity index (χ4n) is 1.38. The van der Waals surface area contributed by atoms with Gasteiger partial charge in [-0.15, -0.1) is 0 Å². The molecule has 0 atom stereocenters. The van der Waals surface area contributed by atoms with Gasteiger partial charge >= 0.3 is 6.01 Å². The first kappa shape index (κ1) is 13.3. The molecular weight excluding hydrogens is 310 g/mol. The fourth-order valence-corrected chi connectivity index (χ4v) is 1.67. The molecule has 19 heavy (non-hydrogen) atoms. The van der Waals surface area contributed by atoms with Crippen LogP contribution < -0.4 is 9.47 Å². The van der Waals surface area contributed by atoms with Crippen LogP contribution in [0.4, 0.5) is 0 Å². The summed E-state index contributed by atoms with van der Waals surface area (Å²) in [6, 6.07) is 7.16. The average Bonchev–Trinajstić information content (AvgIpc) is 2.48. The van der Waals surface area contributed by atoms with Gasteiger partial charge in [0.25, 0.3) is 0 Å². The molecule has 2 rings (SSSR count). The van der Waals surface area contributed by atoms with Crippen molar-refractivity contribution in [3.63, 3.8) is 0 Å². The minimum Gasteiger partial charge on any atom is -0.493 e. The van der Waals surface area contributed by atoms with Gasteiger partial charge in [-0.2, -0.15) is 5.26 Å². The molecule has 0 unspecified atom stereocenters. The van der Waals surface area contributed by atoms with Crippen LogP contribution in [0.1, 0.15) is 11.1 Å². The second-order valence-electron chi connectivity index (χ2n) is 3.59. The van der Waals surface area contributed by atoms with Crippen molar-refractivity contribution in [3.05, 3.63) is 41.7 Å². The Hall–Kier alpha value is -2.13. The third-order valence-corrected chi connectivity index (χ3v) is 2.98. The number of aromatic nitrogens is 2. The van der Waals surface area contributed by atoms with Crippen LogP contribution in [0.25, 0.3) is 0 Å². The molecule has 0 saturated heterocycles. The van der Waals surface area contributed by atoms with Crippen molar-refractivity contribution < 1.29 is 9.47 Å². The Morgan fingerprint density at radius 3 is 2.58 bits per heavy atom. The maximum atomic E-state index is 8.82. The van der Waals surface area contributed by atoms with Crippen LogP contribution in [0.2, 0.25) is 0 Å². The first-order valence-electron chi connectivity index (χ1n) is 5.39. The summed E-state index contributed by atoms with van der Waals surface area (Å²) in [6.07, 6.45) is 3.35. The lowest BCUT2D eigenvalue weighted by Crippen LogP contribution is -1.95. The number of alkyl halides is 1. The van der Waals surface area contributed by atoms with Crippen LogP contribution >= 0.6 is 15.9 Å². The molecule has 0 radical (unpaired) electrons. The Bertz CT molecular complexity index is 608. The quantitative estimate of drug-likeness (QED) is 0.810. The highest BCUT2D eigenvalue weighted by Crippen LogP contribution is 2.30. The van der Waals surface area contributed by atoms with E-state index < -0.39 is 0 Å². The predicted octanol–water partition coefficient (Wildman–Crippen LogP) is 3.04. The Morgan fingerprint density at radius 2 is 2.00 bits per heavy atom. The molecule has 1 aromatic carbocycles. The van der Waals surface area contributed by atoms with E-state index in [0.29, 0.717) is 22.4 Å². The third-order valence-electron chi connectivity index (χ3n) is 2.33. The van der Waals surface area contributed by atoms with Crippen molar-refractivity contribution in [2.45, 2.75) is 5.33 Å². The van der Waals surface area contributed by atoms with Gasteiger partial charge in [-0.25, -0.2) is 9.97 Å². The van der Waals surface area contributed by atoms with Crippen LogP contribution in [0.5, 0.6) is 17.5 Å². The van der Waals surface area contributed by atoms with Gasteiger partial charge in [-0.05, 0) is 17.7 Å². The van der Waals surface area contributed by atoms with Crippen molar-refractivity contribution in [1.29, 1.82) is 5.26 Å². The zero-order chi connectivity index (χ0) is 13.7.